The summed E-state index contributed by atoms with van der Waals surface area (Å²) in [6.45, 7) is 2.97. The van der Waals surface area contributed by atoms with Crippen molar-refractivity contribution in [1.82, 2.24) is 0 Å². The van der Waals surface area contributed by atoms with E-state index < -0.39 is 18.2 Å². The molecule has 184 valence electrons. The van der Waals surface area contributed by atoms with Crippen LogP contribution in [0.4, 0.5) is 0 Å². The van der Waals surface area contributed by atoms with E-state index in [4.69, 9.17) is 25.2 Å². The van der Waals surface area contributed by atoms with Crippen molar-refractivity contribution in [2.45, 2.75) is 116 Å². The Labute approximate surface area is 188 Å². The molecule has 0 aliphatic heterocycles. The number of carbonyl (C=O) groups excluding carboxylic acids is 1. The van der Waals surface area contributed by atoms with Gasteiger partial charge in [0.1, 0.15) is 18.8 Å². The standard InChI is InChI=1S/C21H40O4.C3H6O3/c1-2-3-4-5-6-7-8-9-10-11-12-13-14-15-16-17-21(24)25-19-20(23)18-22;1-2(4)3(5)6/h9-10,20,22-23H,2-8,11-19H2,1H3;2,4H,1H3,(H,5,6)/b10-9-;. The molecule has 2 unspecified atom stereocenters. The van der Waals surface area contributed by atoms with Crippen molar-refractivity contribution < 1.29 is 34.8 Å². The third-order valence-corrected chi connectivity index (χ3v) is 4.65. The number of carboxylic acids is 1. The molecule has 0 radical (unpaired) electrons. The minimum Gasteiger partial charge on any atom is -0.479 e. The number of aliphatic hydroxyl groups is 3. The summed E-state index contributed by atoms with van der Waals surface area (Å²) in [5.41, 5.74) is 0. The average molecular weight is 447 g/mol. The second-order valence-corrected chi connectivity index (χ2v) is 7.87. The van der Waals surface area contributed by atoms with Gasteiger partial charge in [0, 0.05) is 6.42 Å². The Morgan fingerprint density at radius 2 is 1.29 bits per heavy atom. The largest absolute Gasteiger partial charge is 0.479 e. The van der Waals surface area contributed by atoms with Gasteiger partial charge in [-0.05, 0) is 39.0 Å². The Hall–Kier alpha value is -1.44. The molecule has 0 bridgehead atoms. The number of carbonyl (C=O) groups is 2. The highest BCUT2D eigenvalue weighted by molar-refractivity contribution is 5.71. The lowest BCUT2D eigenvalue weighted by molar-refractivity contribution is -0.147. The third-order valence-electron chi connectivity index (χ3n) is 4.65. The summed E-state index contributed by atoms with van der Waals surface area (Å²) in [6.07, 6.45) is 18.9. The molecule has 0 fully saturated rings. The normalized spacial score (nSPS) is 12.8. The molecule has 4 N–H and O–H groups in total. The summed E-state index contributed by atoms with van der Waals surface area (Å²) in [4.78, 5) is 20.8. The maximum Gasteiger partial charge on any atom is 0.332 e. The Kier molecular flexibility index (Phi) is 25.4. The average Bonchev–Trinajstić information content (AvgIpc) is 2.75. The molecule has 0 aromatic rings. The van der Waals surface area contributed by atoms with E-state index in [-0.39, 0.29) is 19.2 Å². The second kappa shape index (κ2) is 24.8. The molecular weight excluding hydrogens is 400 g/mol. The third kappa shape index (κ3) is 28.6. The van der Waals surface area contributed by atoms with Crippen LogP contribution in [0.2, 0.25) is 0 Å². The van der Waals surface area contributed by atoms with Gasteiger partial charge >= 0.3 is 11.9 Å². The highest BCUT2D eigenvalue weighted by atomic mass is 16.5. The molecule has 0 rings (SSSR count). The summed E-state index contributed by atoms with van der Waals surface area (Å²) >= 11 is 0. The molecule has 0 aliphatic carbocycles. The van der Waals surface area contributed by atoms with Crippen molar-refractivity contribution >= 4 is 11.9 Å². The number of ether oxygens (including phenoxy) is 1. The van der Waals surface area contributed by atoms with E-state index in [1.165, 1.54) is 64.7 Å². The zero-order valence-electron chi connectivity index (χ0n) is 19.6. The maximum atomic E-state index is 11.4. The molecule has 31 heavy (non-hydrogen) atoms. The van der Waals surface area contributed by atoms with E-state index in [2.05, 4.69) is 19.1 Å². The summed E-state index contributed by atoms with van der Waals surface area (Å²) in [6, 6.07) is 0. The van der Waals surface area contributed by atoms with E-state index in [9.17, 15) is 9.59 Å². The van der Waals surface area contributed by atoms with Gasteiger partial charge in [-0.1, -0.05) is 70.4 Å². The van der Waals surface area contributed by atoms with Gasteiger partial charge in [0.05, 0.1) is 6.61 Å². The van der Waals surface area contributed by atoms with Gasteiger partial charge in [0.15, 0.2) is 0 Å². The van der Waals surface area contributed by atoms with Gasteiger partial charge in [0.2, 0.25) is 0 Å². The van der Waals surface area contributed by atoms with E-state index in [0.717, 1.165) is 25.7 Å². The second-order valence-electron chi connectivity index (χ2n) is 7.87. The first-order valence-electron chi connectivity index (χ1n) is 11.9. The molecule has 2 atom stereocenters. The molecular formula is C24H46O7. The highest BCUT2D eigenvalue weighted by Gasteiger charge is 2.07. The van der Waals surface area contributed by atoms with E-state index in [1.807, 2.05) is 0 Å². The van der Waals surface area contributed by atoms with Crippen LogP contribution in [-0.2, 0) is 14.3 Å². The fourth-order valence-corrected chi connectivity index (χ4v) is 2.65. The van der Waals surface area contributed by atoms with Crippen LogP contribution in [0.15, 0.2) is 12.2 Å². The Morgan fingerprint density at radius 3 is 1.74 bits per heavy atom. The SMILES string of the molecule is CC(O)C(=O)O.CCCCCCCC/C=C\CCCCCCCC(=O)OCC(O)CO. The predicted octanol–water partition coefficient (Wildman–Crippen LogP) is 4.37. The first-order valence-corrected chi connectivity index (χ1v) is 11.9. The van der Waals surface area contributed by atoms with Crippen LogP contribution in [0, 0.1) is 0 Å². The summed E-state index contributed by atoms with van der Waals surface area (Å²) in [7, 11) is 0. The number of rotatable bonds is 19. The highest BCUT2D eigenvalue weighted by Crippen LogP contribution is 2.10. The minimum absolute atomic E-state index is 0.111. The van der Waals surface area contributed by atoms with Crippen LogP contribution in [0.25, 0.3) is 0 Å². The molecule has 7 nitrogen and oxygen atoms in total. The summed E-state index contributed by atoms with van der Waals surface area (Å²) < 4.78 is 4.86. The lowest BCUT2D eigenvalue weighted by Crippen LogP contribution is -2.21. The molecule has 0 aromatic heterocycles. The first-order chi connectivity index (χ1) is 14.8. The van der Waals surface area contributed by atoms with Crippen LogP contribution in [0.1, 0.15) is 104 Å². The molecule has 0 saturated carbocycles. The summed E-state index contributed by atoms with van der Waals surface area (Å²) in [5.74, 6) is -1.47. The lowest BCUT2D eigenvalue weighted by atomic mass is 10.1. The van der Waals surface area contributed by atoms with Gasteiger partial charge in [-0.2, -0.15) is 0 Å². The Balaban J connectivity index is 0. The minimum atomic E-state index is -1.23. The molecule has 0 amide bonds. The number of carboxylic acid groups (broad SMARTS) is 1. The van der Waals surface area contributed by atoms with Crippen molar-refractivity contribution in [1.29, 1.82) is 0 Å². The number of hydrogen-bond acceptors (Lipinski definition) is 6. The van der Waals surface area contributed by atoms with Crippen LogP contribution >= 0.6 is 0 Å². The van der Waals surface area contributed by atoms with Gasteiger partial charge in [-0.25, -0.2) is 4.79 Å². The van der Waals surface area contributed by atoms with Gasteiger partial charge in [-0.3, -0.25) is 4.79 Å². The fourth-order valence-electron chi connectivity index (χ4n) is 2.65. The number of allylic oxidation sites excluding steroid dienone is 2. The van der Waals surface area contributed by atoms with Crippen molar-refractivity contribution in [3.05, 3.63) is 12.2 Å². The van der Waals surface area contributed by atoms with E-state index >= 15 is 0 Å². The zero-order valence-corrected chi connectivity index (χ0v) is 19.6. The molecule has 0 aliphatic rings. The van der Waals surface area contributed by atoms with E-state index in [0.29, 0.717) is 6.42 Å². The van der Waals surface area contributed by atoms with Crippen molar-refractivity contribution in [2.75, 3.05) is 13.2 Å². The number of aliphatic hydroxyl groups excluding tert-OH is 3. The van der Waals surface area contributed by atoms with Crippen molar-refractivity contribution in [3.8, 4) is 0 Å². The Bertz CT molecular complexity index is 436. The quantitative estimate of drug-likeness (QED) is 0.132. The molecule has 0 saturated heterocycles. The number of hydrogen-bond donors (Lipinski definition) is 4. The fraction of sp³-hybridized carbons (Fsp3) is 0.833. The predicted molar refractivity (Wildman–Crippen MR) is 123 cm³/mol. The Morgan fingerprint density at radius 1 is 0.839 bits per heavy atom. The van der Waals surface area contributed by atoms with E-state index in [1.54, 1.807) is 0 Å². The van der Waals surface area contributed by atoms with Crippen LogP contribution in [0.3, 0.4) is 0 Å². The zero-order chi connectivity index (χ0) is 23.7. The van der Waals surface area contributed by atoms with Crippen LogP contribution in [0.5, 0.6) is 0 Å². The smallest absolute Gasteiger partial charge is 0.332 e. The number of unbranched alkanes of at least 4 members (excludes halogenated alkanes) is 11. The number of esters is 1. The van der Waals surface area contributed by atoms with Gasteiger partial charge in [-0.15, -0.1) is 0 Å². The topological polar surface area (TPSA) is 124 Å². The van der Waals surface area contributed by atoms with Crippen LogP contribution in [-0.4, -0.2) is 57.8 Å². The molecule has 0 aromatic carbocycles. The van der Waals surface area contributed by atoms with Gasteiger partial charge in [0.25, 0.3) is 0 Å². The van der Waals surface area contributed by atoms with Crippen LogP contribution < -0.4 is 0 Å². The molecule has 0 heterocycles. The lowest BCUT2D eigenvalue weighted by Gasteiger charge is -2.08. The maximum absolute atomic E-state index is 11.4. The first kappa shape index (κ1) is 31.7. The molecule has 0 spiro atoms. The monoisotopic (exact) mass is 446 g/mol. The summed E-state index contributed by atoms with van der Waals surface area (Å²) in [5, 5.41) is 33.5. The van der Waals surface area contributed by atoms with Crippen molar-refractivity contribution in [3.63, 3.8) is 0 Å². The molecule has 7 heteroatoms. The number of aliphatic carboxylic acids is 1. The van der Waals surface area contributed by atoms with Gasteiger partial charge < -0.3 is 25.2 Å². The van der Waals surface area contributed by atoms with Crippen molar-refractivity contribution in [2.24, 2.45) is 0 Å².